The van der Waals surface area contributed by atoms with Gasteiger partial charge < -0.3 is 14.6 Å². The van der Waals surface area contributed by atoms with Gasteiger partial charge in [-0.2, -0.15) is 0 Å². The molecular weight excluding hydrogens is 620 g/mol. The maximum absolute atomic E-state index is 12.2. The molecule has 0 aliphatic heterocycles. The molecule has 286 valence electrons. The second kappa shape index (κ2) is 40.8. The fourth-order valence-electron chi connectivity index (χ4n) is 5.40. The Morgan fingerprint density at radius 2 is 0.860 bits per heavy atom. The summed E-state index contributed by atoms with van der Waals surface area (Å²) in [5, 5.41) is 9.55. The molecule has 0 aromatic rings. The van der Waals surface area contributed by atoms with E-state index in [0.717, 1.165) is 83.5 Å². The molecule has 0 aliphatic rings. The van der Waals surface area contributed by atoms with E-state index in [-0.39, 0.29) is 25.2 Å². The summed E-state index contributed by atoms with van der Waals surface area (Å²) in [6.07, 6.45) is 54.0. The third-order valence-corrected chi connectivity index (χ3v) is 8.48. The first kappa shape index (κ1) is 47.3. The summed E-state index contributed by atoms with van der Waals surface area (Å²) in [6.45, 7) is 3.97. The van der Waals surface area contributed by atoms with Crippen LogP contribution >= 0.6 is 0 Å². The van der Waals surface area contributed by atoms with E-state index >= 15 is 0 Å². The molecule has 1 atom stereocenters. The normalized spacial score (nSPS) is 12.9. The van der Waals surface area contributed by atoms with Crippen molar-refractivity contribution in [2.75, 3.05) is 13.2 Å². The largest absolute Gasteiger partial charge is 0.462 e. The summed E-state index contributed by atoms with van der Waals surface area (Å²) in [5.74, 6) is -0.639. The number of aliphatic hydroxyl groups excluding tert-OH is 1. The van der Waals surface area contributed by atoms with Crippen LogP contribution in [-0.4, -0.2) is 36.4 Å². The third-order valence-electron chi connectivity index (χ3n) is 8.48. The summed E-state index contributed by atoms with van der Waals surface area (Å²) in [6, 6.07) is 0. The molecule has 0 fully saturated rings. The minimum absolute atomic E-state index is 0.0877. The Morgan fingerprint density at radius 3 is 1.32 bits per heavy atom. The molecule has 0 aliphatic carbocycles. The van der Waals surface area contributed by atoms with E-state index in [1.54, 1.807) is 0 Å². The molecule has 0 radical (unpaired) electrons. The van der Waals surface area contributed by atoms with E-state index in [0.29, 0.717) is 12.8 Å². The third kappa shape index (κ3) is 38.1. The molecule has 50 heavy (non-hydrogen) atoms. The van der Waals surface area contributed by atoms with E-state index in [2.05, 4.69) is 86.8 Å². The standard InChI is InChI=1S/C45H76O5/c1-3-5-7-9-11-13-15-17-18-19-20-21-22-23-24-25-26-28-30-32-34-36-38-40-45(48)50-43(41-46)42-49-44(47)39-37-35-33-31-29-27-16-14-12-10-8-6-4-2/h6,8,12,14-15,17,19-20,22-23,27,29,43,46H,3-5,7,9-11,13,16,18,21,24-26,28,30-42H2,1-2H3/b8-6-,14-12-,17-15-,20-19-,23-22-,29-27-. The molecule has 0 rings (SSSR count). The molecular formula is C45H76O5. The van der Waals surface area contributed by atoms with E-state index < -0.39 is 6.10 Å². The average Bonchev–Trinajstić information content (AvgIpc) is 3.12. The molecule has 0 heterocycles. The lowest BCUT2D eigenvalue weighted by Gasteiger charge is -2.15. The highest BCUT2D eigenvalue weighted by Gasteiger charge is 2.16. The fourth-order valence-corrected chi connectivity index (χ4v) is 5.40. The van der Waals surface area contributed by atoms with Gasteiger partial charge in [0.25, 0.3) is 0 Å². The van der Waals surface area contributed by atoms with Crippen LogP contribution in [0.15, 0.2) is 72.9 Å². The minimum Gasteiger partial charge on any atom is -0.462 e. The van der Waals surface area contributed by atoms with Crippen molar-refractivity contribution in [1.29, 1.82) is 0 Å². The van der Waals surface area contributed by atoms with E-state index in [1.807, 2.05) is 0 Å². The van der Waals surface area contributed by atoms with E-state index in [4.69, 9.17) is 9.47 Å². The van der Waals surface area contributed by atoms with Gasteiger partial charge in [-0.05, 0) is 83.5 Å². The highest BCUT2D eigenvalue weighted by molar-refractivity contribution is 5.70. The topological polar surface area (TPSA) is 72.8 Å². The molecule has 5 nitrogen and oxygen atoms in total. The van der Waals surface area contributed by atoms with Gasteiger partial charge in [-0.15, -0.1) is 0 Å². The molecule has 0 saturated carbocycles. The summed E-state index contributed by atoms with van der Waals surface area (Å²) in [5.41, 5.74) is 0. The lowest BCUT2D eigenvalue weighted by Crippen LogP contribution is -2.28. The van der Waals surface area contributed by atoms with Crippen LogP contribution in [0.25, 0.3) is 0 Å². The number of hydrogen-bond donors (Lipinski definition) is 1. The number of allylic oxidation sites excluding steroid dienone is 12. The number of esters is 2. The predicted molar refractivity (Wildman–Crippen MR) is 214 cm³/mol. The van der Waals surface area contributed by atoms with Gasteiger partial charge in [0.2, 0.25) is 0 Å². The van der Waals surface area contributed by atoms with Crippen LogP contribution in [0.1, 0.15) is 181 Å². The lowest BCUT2D eigenvalue weighted by molar-refractivity contribution is -0.161. The van der Waals surface area contributed by atoms with Crippen molar-refractivity contribution in [2.45, 2.75) is 187 Å². The Bertz CT molecular complexity index is 926. The van der Waals surface area contributed by atoms with Gasteiger partial charge in [-0.1, -0.05) is 157 Å². The van der Waals surface area contributed by atoms with Crippen LogP contribution < -0.4 is 0 Å². The number of carbonyl (C=O) groups excluding carboxylic acids is 2. The smallest absolute Gasteiger partial charge is 0.306 e. The summed E-state index contributed by atoms with van der Waals surface area (Å²) >= 11 is 0. The fraction of sp³-hybridized carbons (Fsp3) is 0.689. The SMILES string of the molecule is CC/C=C\C/C=C\C/C=C\CCCCCC(=O)OCC(CO)OC(=O)CCCCCCCCCC/C=C\C/C=C\C/C=C\CCCCCCC. The predicted octanol–water partition coefficient (Wildman–Crippen LogP) is 13.0. The first-order chi connectivity index (χ1) is 24.6. The average molecular weight is 697 g/mol. The Morgan fingerprint density at radius 1 is 0.480 bits per heavy atom. The molecule has 0 bridgehead atoms. The van der Waals surface area contributed by atoms with Crippen molar-refractivity contribution in [3.05, 3.63) is 72.9 Å². The number of rotatable bonds is 36. The number of unbranched alkanes of at least 4 members (excludes halogenated alkanes) is 16. The van der Waals surface area contributed by atoms with Gasteiger partial charge in [0.1, 0.15) is 6.61 Å². The Hall–Kier alpha value is -2.66. The highest BCUT2D eigenvalue weighted by atomic mass is 16.6. The first-order valence-corrected chi connectivity index (χ1v) is 20.5. The minimum atomic E-state index is -0.790. The van der Waals surface area contributed by atoms with Crippen LogP contribution in [0, 0.1) is 0 Å². The van der Waals surface area contributed by atoms with Crippen molar-refractivity contribution < 1.29 is 24.2 Å². The lowest BCUT2D eigenvalue weighted by atomic mass is 10.1. The molecule has 1 N–H and O–H groups in total. The van der Waals surface area contributed by atoms with Gasteiger partial charge in [-0.3, -0.25) is 9.59 Å². The Labute approximate surface area is 308 Å². The van der Waals surface area contributed by atoms with Gasteiger partial charge in [0.15, 0.2) is 6.10 Å². The number of ether oxygens (including phenoxy) is 2. The molecule has 0 amide bonds. The number of hydrogen-bond acceptors (Lipinski definition) is 5. The quantitative estimate of drug-likeness (QED) is 0.0401. The van der Waals surface area contributed by atoms with Crippen LogP contribution in [-0.2, 0) is 19.1 Å². The van der Waals surface area contributed by atoms with E-state index in [9.17, 15) is 14.7 Å². The maximum atomic E-state index is 12.2. The molecule has 5 heteroatoms. The second-order valence-electron chi connectivity index (χ2n) is 13.3. The second-order valence-corrected chi connectivity index (χ2v) is 13.3. The number of carbonyl (C=O) groups is 2. The Kier molecular flexibility index (Phi) is 38.6. The first-order valence-electron chi connectivity index (χ1n) is 20.5. The summed E-state index contributed by atoms with van der Waals surface area (Å²) < 4.78 is 10.6. The van der Waals surface area contributed by atoms with Crippen LogP contribution in [0.2, 0.25) is 0 Å². The Balaban J connectivity index is 3.61. The van der Waals surface area contributed by atoms with Crippen molar-refractivity contribution >= 4 is 11.9 Å². The summed E-state index contributed by atoms with van der Waals surface area (Å²) in [4.78, 5) is 24.2. The summed E-state index contributed by atoms with van der Waals surface area (Å²) in [7, 11) is 0. The highest BCUT2D eigenvalue weighted by Crippen LogP contribution is 2.12. The monoisotopic (exact) mass is 697 g/mol. The van der Waals surface area contributed by atoms with Crippen molar-refractivity contribution in [1.82, 2.24) is 0 Å². The zero-order chi connectivity index (χ0) is 36.4. The molecule has 1 unspecified atom stereocenters. The van der Waals surface area contributed by atoms with Crippen LogP contribution in [0.5, 0.6) is 0 Å². The van der Waals surface area contributed by atoms with Crippen molar-refractivity contribution in [3.63, 3.8) is 0 Å². The van der Waals surface area contributed by atoms with Gasteiger partial charge in [0, 0.05) is 12.8 Å². The molecule has 0 saturated heterocycles. The maximum Gasteiger partial charge on any atom is 0.306 e. The van der Waals surface area contributed by atoms with Gasteiger partial charge >= 0.3 is 11.9 Å². The molecule has 0 aromatic heterocycles. The van der Waals surface area contributed by atoms with Gasteiger partial charge in [-0.25, -0.2) is 0 Å². The number of aliphatic hydroxyl groups is 1. The van der Waals surface area contributed by atoms with Crippen molar-refractivity contribution in [3.8, 4) is 0 Å². The van der Waals surface area contributed by atoms with Crippen LogP contribution in [0.3, 0.4) is 0 Å². The zero-order valence-corrected chi connectivity index (χ0v) is 32.4. The molecule has 0 spiro atoms. The van der Waals surface area contributed by atoms with Crippen LogP contribution in [0.4, 0.5) is 0 Å². The van der Waals surface area contributed by atoms with Gasteiger partial charge in [0.05, 0.1) is 6.61 Å². The van der Waals surface area contributed by atoms with E-state index in [1.165, 1.54) is 70.6 Å². The van der Waals surface area contributed by atoms with Crippen molar-refractivity contribution in [2.24, 2.45) is 0 Å². The molecule has 0 aromatic carbocycles. The zero-order valence-electron chi connectivity index (χ0n) is 32.4.